The van der Waals surface area contributed by atoms with Crippen LogP contribution >= 0.6 is 24.0 Å². The molecule has 0 aromatic heterocycles. The summed E-state index contributed by atoms with van der Waals surface area (Å²) in [5.74, 6) is 0.822. The largest absolute Gasteiger partial charge is 0.392 e. The fourth-order valence-electron chi connectivity index (χ4n) is 3.18. The molecule has 5 heteroatoms. The van der Waals surface area contributed by atoms with Gasteiger partial charge in [-0.3, -0.25) is 4.99 Å². The number of guanidine groups is 1. The molecule has 1 aliphatic rings. The number of aliphatic imine (C=N–C) groups is 1. The second-order valence-electron chi connectivity index (χ2n) is 6.89. The molecule has 3 unspecified atom stereocenters. The molecule has 4 nitrogen and oxygen atoms in total. The first kappa shape index (κ1) is 21.2. The van der Waals surface area contributed by atoms with Gasteiger partial charge < -0.3 is 15.7 Å². The summed E-state index contributed by atoms with van der Waals surface area (Å²) in [6.45, 7) is 7.85. The number of rotatable bonds is 5. The maximum absolute atomic E-state index is 10.3. The fourth-order valence-corrected chi connectivity index (χ4v) is 3.18. The molecule has 1 aromatic rings. The maximum Gasteiger partial charge on any atom is 0.191 e. The van der Waals surface area contributed by atoms with E-state index in [1.807, 2.05) is 6.07 Å². The lowest BCUT2D eigenvalue weighted by molar-refractivity contribution is 0.00716. The molecular formula is C19H32IN3O. The highest BCUT2D eigenvalue weighted by Crippen LogP contribution is 2.36. The van der Waals surface area contributed by atoms with Crippen molar-refractivity contribution in [3.05, 3.63) is 35.9 Å². The third-order valence-corrected chi connectivity index (χ3v) is 4.88. The Kier molecular flexibility index (Phi) is 9.05. The molecule has 0 aliphatic heterocycles. The molecule has 3 atom stereocenters. The van der Waals surface area contributed by atoms with Crippen LogP contribution in [0.3, 0.4) is 0 Å². The number of halogens is 1. The first-order valence-corrected chi connectivity index (χ1v) is 8.83. The smallest absolute Gasteiger partial charge is 0.191 e. The first-order valence-electron chi connectivity index (χ1n) is 8.83. The molecule has 136 valence electrons. The standard InChI is InChI=1S/C19H31N3O.HI/c1-4-20-18(22-15(2)16-10-6-5-7-11-16)21-14-19(3)13-9-8-12-17(19)23;/h5-7,10-11,15,17,23H,4,8-9,12-14H2,1-3H3,(H2,20,21,22);1H. The van der Waals surface area contributed by atoms with Crippen LogP contribution in [0.15, 0.2) is 35.3 Å². The van der Waals surface area contributed by atoms with Gasteiger partial charge in [-0.2, -0.15) is 0 Å². The zero-order chi connectivity index (χ0) is 16.7. The fraction of sp³-hybridized carbons (Fsp3) is 0.632. The Morgan fingerprint density at radius 3 is 2.67 bits per heavy atom. The quantitative estimate of drug-likeness (QED) is 0.367. The monoisotopic (exact) mass is 445 g/mol. The Morgan fingerprint density at radius 2 is 2.04 bits per heavy atom. The second-order valence-corrected chi connectivity index (χ2v) is 6.89. The minimum absolute atomic E-state index is 0. The van der Waals surface area contributed by atoms with Crippen molar-refractivity contribution < 1.29 is 5.11 Å². The van der Waals surface area contributed by atoms with Gasteiger partial charge in [0.2, 0.25) is 0 Å². The lowest BCUT2D eigenvalue weighted by Gasteiger charge is -2.37. The summed E-state index contributed by atoms with van der Waals surface area (Å²) in [6.07, 6.45) is 4.02. The van der Waals surface area contributed by atoms with Crippen LogP contribution in [0.2, 0.25) is 0 Å². The van der Waals surface area contributed by atoms with E-state index in [-0.39, 0.29) is 41.5 Å². The topological polar surface area (TPSA) is 56.7 Å². The van der Waals surface area contributed by atoms with Crippen LogP contribution in [0, 0.1) is 5.41 Å². The van der Waals surface area contributed by atoms with Gasteiger partial charge in [-0.1, -0.05) is 50.1 Å². The van der Waals surface area contributed by atoms with Crippen molar-refractivity contribution >= 4 is 29.9 Å². The number of nitrogens with one attached hydrogen (secondary N) is 2. The van der Waals surface area contributed by atoms with E-state index in [2.05, 4.69) is 55.7 Å². The predicted octanol–water partition coefficient (Wildman–Crippen LogP) is 3.86. The minimum atomic E-state index is -0.241. The summed E-state index contributed by atoms with van der Waals surface area (Å²) in [5.41, 5.74) is 1.14. The van der Waals surface area contributed by atoms with Crippen LogP contribution in [0.25, 0.3) is 0 Å². The van der Waals surface area contributed by atoms with Crippen molar-refractivity contribution in [1.82, 2.24) is 10.6 Å². The number of benzene rings is 1. The normalized spacial score (nSPS) is 25.5. The number of aliphatic hydroxyl groups is 1. The van der Waals surface area contributed by atoms with Crippen molar-refractivity contribution in [2.45, 2.75) is 58.6 Å². The molecule has 3 N–H and O–H groups in total. The summed E-state index contributed by atoms with van der Waals surface area (Å²) in [4.78, 5) is 4.76. The van der Waals surface area contributed by atoms with E-state index in [1.54, 1.807) is 0 Å². The van der Waals surface area contributed by atoms with E-state index in [0.717, 1.165) is 31.8 Å². The Morgan fingerprint density at radius 1 is 1.33 bits per heavy atom. The average molecular weight is 445 g/mol. The van der Waals surface area contributed by atoms with Crippen LogP contribution in [-0.4, -0.2) is 30.3 Å². The molecule has 0 saturated heterocycles. The van der Waals surface area contributed by atoms with Gasteiger partial charge in [0.05, 0.1) is 18.7 Å². The molecule has 0 radical (unpaired) electrons. The maximum atomic E-state index is 10.3. The van der Waals surface area contributed by atoms with E-state index in [0.29, 0.717) is 6.54 Å². The van der Waals surface area contributed by atoms with Crippen LogP contribution in [-0.2, 0) is 0 Å². The zero-order valence-electron chi connectivity index (χ0n) is 15.1. The van der Waals surface area contributed by atoms with E-state index in [1.165, 1.54) is 12.0 Å². The molecule has 0 heterocycles. The highest BCUT2D eigenvalue weighted by Gasteiger charge is 2.35. The van der Waals surface area contributed by atoms with Gasteiger partial charge in [0.15, 0.2) is 5.96 Å². The lowest BCUT2D eigenvalue weighted by atomic mass is 9.73. The summed E-state index contributed by atoms with van der Waals surface area (Å²) in [7, 11) is 0. The minimum Gasteiger partial charge on any atom is -0.392 e. The van der Waals surface area contributed by atoms with Crippen LogP contribution < -0.4 is 10.6 Å². The Balaban J connectivity index is 0.00000288. The van der Waals surface area contributed by atoms with Gasteiger partial charge in [0.25, 0.3) is 0 Å². The van der Waals surface area contributed by atoms with Gasteiger partial charge in [-0.25, -0.2) is 0 Å². The average Bonchev–Trinajstić information content (AvgIpc) is 2.56. The number of hydrogen-bond acceptors (Lipinski definition) is 2. The molecule has 1 fully saturated rings. The van der Waals surface area contributed by atoms with Crippen LogP contribution in [0.5, 0.6) is 0 Å². The third-order valence-electron chi connectivity index (χ3n) is 4.88. The SMILES string of the molecule is CCNC(=NCC1(C)CCCCC1O)NC(C)c1ccccc1.I. The molecule has 24 heavy (non-hydrogen) atoms. The molecule has 1 saturated carbocycles. The highest BCUT2D eigenvalue weighted by molar-refractivity contribution is 14.0. The number of aliphatic hydroxyl groups excluding tert-OH is 1. The molecular weight excluding hydrogens is 413 g/mol. The van der Waals surface area contributed by atoms with Crippen molar-refractivity contribution in [3.8, 4) is 0 Å². The summed E-state index contributed by atoms with van der Waals surface area (Å²) >= 11 is 0. The molecule has 0 spiro atoms. The Hall–Kier alpha value is -0.820. The van der Waals surface area contributed by atoms with Gasteiger partial charge in [0, 0.05) is 12.0 Å². The van der Waals surface area contributed by atoms with Crippen molar-refractivity contribution in [2.24, 2.45) is 10.4 Å². The van der Waals surface area contributed by atoms with Crippen LogP contribution in [0.1, 0.15) is 58.1 Å². The van der Waals surface area contributed by atoms with E-state index >= 15 is 0 Å². The van der Waals surface area contributed by atoms with Gasteiger partial charge in [-0.15, -0.1) is 24.0 Å². The third kappa shape index (κ3) is 5.92. The van der Waals surface area contributed by atoms with Gasteiger partial charge in [0.1, 0.15) is 0 Å². The van der Waals surface area contributed by atoms with E-state index in [4.69, 9.17) is 4.99 Å². The molecule has 0 bridgehead atoms. The Bertz CT molecular complexity index is 509. The number of nitrogens with zero attached hydrogens (tertiary/aromatic N) is 1. The molecule has 1 aromatic carbocycles. The van der Waals surface area contributed by atoms with Gasteiger partial charge in [-0.05, 0) is 32.3 Å². The first-order chi connectivity index (χ1) is 11.0. The molecule has 1 aliphatic carbocycles. The zero-order valence-corrected chi connectivity index (χ0v) is 17.4. The summed E-state index contributed by atoms with van der Waals surface area (Å²) < 4.78 is 0. The second kappa shape index (κ2) is 10.2. The van der Waals surface area contributed by atoms with Crippen molar-refractivity contribution in [3.63, 3.8) is 0 Å². The molecule has 2 rings (SSSR count). The van der Waals surface area contributed by atoms with E-state index < -0.39 is 0 Å². The van der Waals surface area contributed by atoms with Gasteiger partial charge >= 0.3 is 0 Å². The summed E-state index contributed by atoms with van der Waals surface area (Å²) in [5, 5.41) is 17.1. The Labute approximate surface area is 163 Å². The highest BCUT2D eigenvalue weighted by atomic mass is 127. The number of hydrogen-bond donors (Lipinski definition) is 3. The van der Waals surface area contributed by atoms with Crippen molar-refractivity contribution in [2.75, 3.05) is 13.1 Å². The predicted molar refractivity (Wildman–Crippen MR) is 112 cm³/mol. The van der Waals surface area contributed by atoms with Crippen LogP contribution in [0.4, 0.5) is 0 Å². The lowest BCUT2D eigenvalue weighted by Crippen LogP contribution is -2.42. The summed E-state index contributed by atoms with van der Waals surface area (Å²) in [6, 6.07) is 10.6. The molecule has 0 amide bonds. The van der Waals surface area contributed by atoms with Crippen molar-refractivity contribution in [1.29, 1.82) is 0 Å². The van der Waals surface area contributed by atoms with E-state index in [9.17, 15) is 5.11 Å².